The van der Waals surface area contributed by atoms with E-state index in [0.29, 0.717) is 18.0 Å². The molecule has 2 aliphatic rings. The molecule has 3 rings (SSSR count). The summed E-state index contributed by atoms with van der Waals surface area (Å²) < 4.78 is 27.8. The molecule has 2 saturated heterocycles. The van der Waals surface area contributed by atoms with Gasteiger partial charge in [-0.05, 0) is 57.0 Å². The molecule has 2 aliphatic heterocycles. The largest absolute Gasteiger partial charge is 0.396 e. The summed E-state index contributed by atoms with van der Waals surface area (Å²) in [5.41, 5.74) is 1.02. The molecule has 0 spiro atoms. The lowest BCUT2D eigenvalue weighted by molar-refractivity contribution is -0.0508. The van der Waals surface area contributed by atoms with Crippen molar-refractivity contribution in [1.29, 1.82) is 0 Å². The summed E-state index contributed by atoms with van der Waals surface area (Å²) in [7, 11) is -1.43. The van der Waals surface area contributed by atoms with Crippen LogP contribution in [0.4, 0.5) is 0 Å². The third-order valence-electron chi connectivity index (χ3n) is 6.07. The van der Waals surface area contributed by atoms with Crippen LogP contribution in [0.1, 0.15) is 38.2 Å². The van der Waals surface area contributed by atoms with Crippen LogP contribution in [0.25, 0.3) is 0 Å². The Hall–Kier alpha value is -0.950. The number of aryl methyl sites for hydroxylation is 1. The van der Waals surface area contributed by atoms with Crippen LogP contribution in [-0.2, 0) is 16.4 Å². The number of piperidine rings is 2. The number of nitrogens with zero attached hydrogens (tertiary/aromatic N) is 2. The van der Waals surface area contributed by atoms with E-state index in [1.807, 2.05) is 19.2 Å². The highest BCUT2D eigenvalue weighted by molar-refractivity contribution is 7.89. The minimum absolute atomic E-state index is 0.0918. The molecule has 6 heteroatoms. The first-order valence-electron chi connectivity index (χ1n) is 9.33. The maximum absolute atomic E-state index is 13.1. The summed E-state index contributed by atoms with van der Waals surface area (Å²) in [6.07, 6.45) is 4.80. The van der Waals surface area contributed by atoms with E-state index in [-0.39, 0.29) is 18.1 Å². The van der Waals surface area contributed by atoms with Crippen molar-refractivity contribution in [3.8, 4) is 0 Å². The molecule has 0 saturated carbocycles. The van der Waals surface area contributed by atoms with Crippen molar-refractivity contribution in [2.45, 2.75) is 50.0 Å². The van der Waals surface area contributed by atoms with E-state index >= 15 is 0 Å². The van der Waals surface area contributed by atoms with Gasteiger partial charge in [0.1, 0.15) is 0 Å². The zero-order valence-corrected chi connectivity index (χ0v) is 16.1. The summed E-state index contributed by atoms with van der Waals surface area (Å²) in [5, 5.41) is 9.99. The molecule has 0 aliphatic carbocycles. The summed E-state index contributed by atoms with van der Waals surface area (Å²) in [4.78, 5) is 2.61. The number of hydrogen-bond donors (Lipinski definition) is 1. The molecule has 1 aromatic rings. The Morgan fingerprint density at radius 2 is 1.92 bits per heavy atom. The number of sulfonamides is 1. The lowest BCUT2D eigenvalue weighted by Crippen LogP contribution is -2.62. The van der Waals surface area contributed by atoms with Gasteiger partial charge in [0.2, 0.25) is 10.0 Å². The Morgan fingerprint density at radius 3 is 2.56 bits per heavy atom. The third kappa shape index (κ3) is 3.50. The number of likely N-dealkylation sites (tertiary alicyclic amines) is 1. The fourth-order valence-corrected chi connectivity index (χ4v) is 5.92. The van der Waals surface area contributed by atoms with Gasteiger partial charge in [0.05, 0.1) is 11.5 Å². The van der Waals surface area contributed by atoms with Crippen LogP contribution in [0.15, 0.2) is 29.2 Å². The third-order valence-corrected chi connectivity index (χ3v) is 7.95. The topological polar surface area (TPSA) is 60.9 Å². The van der Waals surface area contributed by atoms with E-state index in [0.717, 1.165) is 38.6 Å². The molecular weight excluding hydrogens is 336 g/mol. The SMILES string of the molecule is CCCc1ccc(S(=O)(=O)N2CC[C@@]3(CO)CCCN(C)[C@@H]3C2)cc1. The van der Waals surface area contributed by atoms with Gasteiger partial charge in [-0.15, -0.1) is 0 Å². The van der Waals surface area contributed by atoms with Crippen molar-refractivity contribution in [3.63, 3.8) is 0 Å². The number of benzene rings is 1. The second-order valence-corrected chi connectivity index (χ2v) is 9.57. The van der Waals surface area contributed by atoms with Gasteiger partial charge in [0.25, 0.3) is 0 Å². The Kier molecular flexibility index (Phi) is 5.54. The van der Waals surface area contributed by atoms with Crippen molar-refractivity contribution >= 4 is 10.0 Å². The number of likely N-dealkylation sites (N-methyl/N-ethyl adjacent to an activating group) is 1. The van der Waals surface area contributed by atoms with Crippen molar-refractivity contribution in [3.05, 3.63) is 29.8 Å². The van der Waals surface area contributed by atoms with Crippen molar-refractivity contribution < 1.29 is 13.5 Å². The minimum Gasteiger partial charge on any atom is -0.396 e. The molecule has 0 radical (unpaired) electrons. The lowest BCUT2D eigenvalue weighted by atomic mass is 9.69. The van der Waals surface area contributed by atoms with Gasteiger partial charge in [-0.25, -0.2) is 8.42 Å². The minimum atomic E-state index is -3.48. The average molecular weight is 367 g/mol. The average Bonchev–Trinajstić information content (AvgIpc) is 2.62. The van der Waals surface area contributed by atoms with E-state index < -0.39 is 10.0 Å². The maximum Gasteiger partial charge on any atom is 0.243 e. The van der Waals surface area contributed by atoms with E-state index in [1.54, 1.807) is 16.4 Å². The zero-order valence-electron chi connectivity index (χ0n) is 15.3. The summed E-state index contributed by atoms with van der Waals surface area (Å²) in [5.74, 6) is 0. The standard InChI is InChI=1S/C19H30N2O3S/c1-3-5-16-6-8-17(9-7-16)25(23,24)21-13-11-19(15-22)10-4-12-20(2)18(19)14-21/h6-9,18,22H,3-5,10-15H2,1-2H3/t18-,19-/m1/s1. The lowest BCUT2D eigenvalue weighted by Gasteiger charge is -2.53. The van der Waals surface area contributed by atoms with Gasteiger partial charge >= 0.3 is 0 Å². The van der Waals surface area contributed by atoms with Crippen molar-refractivity contribution in [2.24, 2.45) is 5.41 Å². The number of rotatable bonds is 5. The van der Waals surface area contributed by atoms with Crippen molar-refractivity contribution in [1.82, 2.24) is 9.21 Å². The molecule has 2 heterocycles. The number of fused-ring (bicyclic) bond motifs is 1. The van der Waals surface area contributed by atoms with Crippen LogP contribution in [0.2, 0.25) is 0 Å². The van der Waals surface area contributed by atoms with Crippen LogP contribution in [-0.4, -0.2) is 62.1 Å². The smallest absolute Gasteiger partial charge is 0.243 e. The fraction of sp³-hybridized carbons (Fsp3) is 0.684. The Bertz CT molecular complexity index is 689. The Morgan fingerprint density at radius 1 is 1.20 bits per heavy atom. The van der Waals surface area contributed by atoms with Gasteiger partial charge in [0.15, 0.2) is 0 Å². The van der Waals surface area contributed by atoms with E-state index in [9.17, 15) is 13.5 Å². The highest BCUT2D eigenvalue weighted by Gasteiger charge is 2.48. The summed E-state index contributed by atoms with van der Waals surface area (Å²) in [6.45, 7) is 4.18. The van der Waals surface area contributed by atoms with Gasteiger partial charge in [-0.1, -0.05) is 25.5 Å². The number of aliphatic hydroxyl groups excluding tert-OH is 1. The molecule has 25 heavy (non-hydrogen) atoms. The first kappa shape index (κ1) is 18.8. The molecule has 0 unspecified atom stereocenters. The normalized spacial score (nSPS) is 28.7. The maximum atomic E-state index is 13.1. The Labute approximate surface area is 151 Å². The van der Waals surface area contributed by atoms with Gasteiger partial charge in [-0.2, -0.15) is 4.31 Å². The molecule has 0 aromatic heterocycles. The highest BCUT2D eigenvalue weighted by Crippen LogP contribution is 2.42. The highest BCUT2D eigenvalue weighted by atomic mass is 32.2. The van der Waals surface area contributed by atoms with Crippen LogP contribution < -0.4 is 0 Å². The monoisotopic (exact) mass is 366 g/mol. The van der Waals surface area contributed by atoms with E-state index in [1.165, 1.54) is 5.56 Å². The van der Waals surface area contributed by atoms with Crippen LogP contribution in [0.3, 0.4) is 0 Å². The first-order valence-corrected chi connectivity index (χ1v) is 10.8. The molecule has 1 N–H and O–H groups in total. The van der Waals surface area contributed by atoms with Crippen LogP contribution >= 0.6 is 0 Å². The molecule has 0 bridgehead atoms. The predicted octanol–water partition coefficient (Wildman–Crippen LogP) is 2.11. The van der Waals surface area contributed by atoms with Gasteiger partial charge < -0.3 is 10.0 Å². The predicted molar refractivity (Wildman–Crippen MR) is 99.0 cm³/mol. The second-order valence-electron chi connectivity index (χ2n) is 7.63. The molecular formula is C19H30N2O3S. The Balaban J connectivity index is 1.81. The first-order chi connectivity index (χ1) is 11.9. The summed E-state index contributed by atoms with van der Waals surface area (Å²) >= 11 is 0. The fourth-order valence-electron chi connectivity index (χ4n) is 4.47. The molecule has 0 amide bonds. The molecule has 5 nitrogen and oxygen atoms in total. The van der Waals surface area contributed by atoms with Crippen LogP contribution in [0, 0.1) is 5.41 Å². The molecule has 2 atom stereocenters. The van der Waals surface area contributed by atoms with Crippen LogP contribution in [0.5, 0.6) is 0 Å². The zero-order chi connectivity index (χ0) is 18.1. The van der Waals surface area contributed by atoms with E-state index in [4.69, 9.17) is 0 Å². The number of aliphatic hydroxyl groups is 1. The van der Waals surface area contributed by atoms with Gasteiger partial charge in [0, 0.05) is 24.5 Å². The van der Waals surface area contributed by atoms with E-state index in [2.05, 4.69) is 11.8 Å². The molecule has 1 aromatic carbocycles. The quantitative estimate of drug-likeness (QED) is 0.867. The molecule has 2 fully saturated rings. The number of hydrogen-bond acceptors (Lipinski definition) is 4. The van der Waals surface area contributed by atoms with Crippen molar-refractivity contribution in [2.75, 3.05) is 33.3 Å². The molecule has 140 valence electrons. The summed E-state index contributed by atoms with van der Waals surface area (Å²) in [6, 6.07) is 7.41. The van der Waals surface area contributed by atoms with Gasteiger partial charge in [-0.3, -0.25) is 0 Å². The second kappa shape index (κ2) is 7.35.